The highest BCUT2D eigenvalue weighted by atomic mass is 127. The molecule has 0 amide bonds. The van der Waals surface area contributed by atoms with Gasteiger partial charge in [0.05, 0.1) is 22.4 Å². The van der Waals surface area contributed by atoms with Crippen LogP contribution in [0.15, 0.2) is 97.1 Å². The predicted molar refractivity (Wildman–Crippen MR) is 199 cm³/mol. The van der Waals surface area contributed by atoms with E-state index < -0.39 is 10.1 Å². The number of benzene rings is 4. The van der Waals surface area contributed by atoms with Gasteiger partial charge in [-0.3, -0.25) is 4.55 Å². The number of nitrogens with zero attached hydrogens (tertiary/aromatic N) is 2. The van der Waals surface area contributed by atoms with Crippen molar-refractivity contribution in [3.05, 3.63) is 111 Å². The standard InChI is InChI=1S/C38H29IN2O3S2/c1-38(2)31-22-24(39)11-16-33(31)41(19-6-20-46(42,43)44)35(38)18-13-25-12-17-34(45-25)26-14-15-28-30-21-23-7-3-4-10-32(23)40-37(30)29-9-5-8-27(26)36(28)29/h3-5,7-18,21-22H,6,19-20H2,1-2H3/p+1. The quantitative estimate of drug-likeness (QED) is 0.100. The summed E-state index contributed by atoms with van der Waals surface area (Å²) in [7, 11) is -4.02. The third-order valence-corrected chi connectivity index (χ3v) is 11.8. The maximum Gasteiger partial charge on any atom is 0.265 e. The van der Waals surface area contributed by atoms with E-state index in [1.54, 1.807) is 11.3 Å². The molecule has 0 fully saturated rings. The molecule has 1 aliphatic carbocycles. The first kappa shape index (κ1) is 29.7. The maximum absolute atomic E-state index is 11.5. The molecule has 2 aliphatic rings. The summed E-state index contributed by atoms with van der Waals surface area (Å²) < 4.78 is 35.7. The van der Waals surface area contributed by atoms with Crippen molar-refractivity contribution in [2.75, 3.05) is 12.3 Å². The summed E-state index contributed by atoms with van der Waals surface area (Å²) in [6.07, 6.45) is 4.68. The lowest BCUT2D eigenvalue weighted by molar-refractivity contribution is -0.437. The van der Waals surface area contributed by atoms with Gasteiger partial charge in [0.25, 0.3) is 10.1 Å². The highest BCUT2D eigenvalue weighted by Crippen LogP contribution is 2.50. The van der Waals surface area contributed by atoms with E-state index in [9.17, 15) is 13.0 Å². The summed E-state index contributed by atoms with van der Waals surface area (Å²) in [4.78, 5) is 7.42. The molecule has 2 aromatic heterocycles. The molecule has 0 bridgehead atoms. The highest BCUT2D eigenvalue weighted by Gasteiger charge is 2.44. The maximum atomic E-state index is 11.5. The zero-order valence-electron chi connectivity index (χ0n) is 25.3. The van der Waals surface area contributed by atoms with Gasteiger partial charge in [0.15, 0.2) is 5.71 Å². The largest absolute Gasteiger partial charge is 0.286 e. The molecule has 0 atom stereocenters. The first-order valence-corrected chi connectivity index (χ1v) is 18.7. The fourth-order valence-electron chi connectivity index (χ4n) is 7.11. The third kappa shape index (κ3) is 4.94. The molecule has 1 aliphatic heterocycles. The number of hydrogen-bond acceptors (Lipinski definition) is 4. The van der Waals surface area contributed by atoms with Crippen LogP contribution in [0, 0.1) is 3.57 Å². The van der Waals surface area contributed by atoms with Gasteiger partial charge in [0.1, 0.15) is 6.54 Å². The summed E-state index contributed by atoms with van der Waals surface area (Å²) in [6.45, 7) is 4.93. The number of fused-ring (bicyclic) bond motifs is 5. The lowest BCUT2D eigenvalue weighted by atomic mass is 9.81. The lowest BCUT2D eigenvalue weighted by Crippen LogP contribution is -2.28. The van der Waals surface area contributed by atoms with Crippen LogP contribution in [0.2, 0.25) is 0 Å². The van der Waals surface area contributed by atoms with Crippen molar-refractivity contribution in [1.29, 1.82) is 0 Å². The topological polar surface area (TPSA) is 70.3 Å². The van der Waals surface area contributed by atoms with Gasteiger partial charge in [0, 0.05) is 54.0 Å². The van der Waals surface area contributed by atoms with Crippen LogP contribution in [0.25, 0.3) is 60.6 Å². The van der Waals surface area contributed by atoms with Gasteiger partial charge in [0.2, 0.25) is 5.69 Å². The third-order valence-electron chi connectivity index (χ3n) is 9.25. The highest BCUT2D eigenvalue weighted by molar-refractivity contribution is 14.1. The summed E-state index contributed by atoms with van der Waals surface area (Å²) in [6, 6.07) is 32.4. The van der Waals surface area contributed by atoms with Gasteiger partial charge in [-0.2, -0.15) is 13.0 Å². The second-order valence-electron chi connectivity index (χ2n) is 12.5. The van der Waals surface area contributed by atoms with Crippen LogP contribution in [-0.2, 0) is 15.5 Å². The molecule has 0 saturated carbocycles. The van der Waals surface area contributed by atoms with E-state index >= 15 is 0 Å². The normalized spacial score (nSPS) is 15.0. The SMILES string of the molecule is CC1(C)C(/C=C/c2ccc(-c3ccc4c5c(cccc35)-c3nc5ccccc5cc3-4)s2)=[N+](CCCS(=O)(=O)O)c2ccc(I)cc21. The minimum Gasteiger partial charge on any atom is -0.286 e. The monoisotopic (exact) mass is 753 g/mol. The zero-order valence-corrected chi connectivity index (χ0v) is 29.1. The Balaban J connectivity index is 1.16. The summed E-state index contributed by atoms with van der Waals surface area (Å²) >= 11 is 4.10. The van der Waals surface area contributed by atoms with Crippen molar-refractivity contribution in [1.82, 2.24) is 4.98 Å². The van der Waals surface area contributed by atoms with Crippen LogP contribution in [0.5, 0.6) is 0 Å². The second-order valence-corrected chi connectivity index (χ2v) is 16.4. The van der Waals surface area contributed by atoms with E-state index in [1.165, 1.54) is 43.5 Å². The van der Waals surface area contributed by atoms with Crippen LogP contribution >= 0.6 is 33.9 Å². The molecule has 6 aromatic rings. The molecule has 1 N–H and O–H groups in total. The van der Waals surface area contributed by atoms with Crippen molar-refractivity contribution in [3.8, 4) is 32.8 Å². The molecule has 0 radical (unpaired) electrons. The van der Waals surface area contributed by atoms with E-state index in [2.05, 4.69) is 138 Å². The molecule has 0 spiro atoms. The van der Waals surface area contributed by atoms with Gasteiger partial charge in [-0.15, -0.1) is 11.3 Å². The molecule has 0 unspecified atom stereocenters. The molecule has 8 heteroatoms. The van der Waals surface area contributed by atoms with E-state index in [0.29, 0.717) is 13.0 Å². The minimum atomic E-state index is -4.02. The lowest BCUT2D eigenvalue weighted by Gasteiger charge is -2.15. The van der Waals surface area contributed by atoms with Crippen molar-refractivity contribution >= 4 is 83.2 Å². The van der Waals surface area contributed by atoms with Crippen molar-refractivity contribution in [2.24, 2.45) is 0 Å². The molecule has 4 aromatic carbocycles. The van der Waals surface area contributed by atoms with Gasteiger partial charge in [-0.1, -0.05) is 48.5 Å². The number of thiophene rings is 1. The van der Waals surface area contributed by atoms with Gasteiger partial charge < -0.3 is 0 Å². The average Bonchev–Trinajstić information content (AvgIpc) is 3.67. The molecule has 8 rings (SSSR count). The number of rotatable bonds is 7. The average molecular weight is 754 g/mol. The van der Waals surface area contributed by atoms with E-state index in [1.807, 2.05) is 6.07 Å². The fraction of sp³-hybridized carbons (Fsp3) is 0.158. The van der Waals surface area contributed by atoms with E-state index in [0.717, 1.165) is 36.4 Å². The number of halogens is 1. The molecular formula is C38H30IN2O3S2+. The summed E-state index contributed by atoms with van der Waals surface area (Å²) in [5, 5.41) is 3.65. The molecule has 5 nitrogen and oxygen atoms in total. The molecular weight excluding hydrogens is 723 g/mol. The summed E-state index contributed by atoms with van der Waals surface area (Å²) in [5.41, 5.74) is 10.0. The van der Waals surface area contributed by atoms with Crippen LogP contribution in [0.3, 0.4) is 0 Å². The van der Waals surface area contributed by atoms with Gasteiger partial charge in [-0.05, 0) is 101 Å². The Morgan fingerprint density at radius 2 is 1.72 bits per heavy atom. The molecule has 46 heavy (non-hydrogen) atoms. The Labute approximate surface area is 285 Å². The Hall–Kier alpha value is -3.70. The van der Waals surface area contributed by atoms with E-state index in [4.69, 9.17) is 4.98 Å². The fourth-order valence-corrected chi connectivity index (χ4v) is 9.05. The Morgan fingerprint density at radius 3 is 2.57 bits per heavy atom. The van der Waals surface area contributed by atoms with Crippen LogP contribution in [0.4, 0.5) is 5.69 Å². The Morgan fingerprint density at radius 1 is 0.891 bits per heavy atom. The molecule has 228 valence electrons. The smallest absolute Gasteiger partial charge is 0.265 e. The predicted octanol–water partition coefficient (Wildman–Crippen LogP) is 9.74. The van der Waals surface area contributed by atoms with Crippen molar-refractivity contribution in [3.63, 3.8) is 0 Å². The Kier molecular flexibility index (Phi) is 7.06. The van der Waals surface area contributed by atoms with Crippen LogP contribution in [0.1, 0.15) is 30.7 Å². The van der Waals surface area contributed by atoms with Crippen molar-refractivity contribution in [2.45, 2.75) is 25.7 Å². The molecule has 3 heterocycles. The second kappa shape index (κ2) is 10.9. The number of hydrogen-bond donors (Lipinski definition) is 1. The van der Waals surface area contributed by atoms with Crippen LogP contribution < -0.4 is 0 Å². The first-order valence-electron chi connectivity index (χ1n) is 15.2. The van der Waals surface area contributed by atoms with E-state index in [-0.39, 0.29) is 11.2 Å². The zero-order chi connectivity index (χ0) is 31.8. The van der Waals surface area contributed by atoms with Gasteiger partial charge >= 0.3 is 0 Å². The van der Waals surface area contributed by atoms with Crippen LogP contribution in [-0.4, -0.2) is 40.5 Å². The number of aromatic nitrogens is 1. The van der Waals surface area contributed by atoms with Gasteiger partial charge in [-0.25, -0.2) is 4.98 Å². The number of allylic oxidation sites excluding steroid dienone is 1. The first-order chi connectivity index (χ1) is 22.1. The van der Waals surface area contributed by atoms with Crippen molar-refractivity contribution < 1.29 is 17.5 Å². The Bertz CT molecular complexity index is 2370. The number of para-hydroxylation sites is 1. The number of pyridine rings is 1. The minimum absolute atomic E-state index is 0.263. The molecule has 0 saturated heterocycles. The summed E-state index contributed by atoms with van der Waals surface area (Å²) in [5.74, 6) is -0.263.